The minimum absolute atomic E-state index is 1.11. The van der Waals surface area contributed by atoms with Gasteiger partial charge in [0.1, 0.15) is 0 Å². The second kappa shape index (κ2) is 2.49. The summed E-state index contributed by atoms with van der Waals surface area (Å²) < 4.78 is 0. The lowest BCUT2D eigenvalue weighted by atomic mass is 10.2. The Morgan fingerprint density at radius 2 is 2.22 bits per heavy atom. The summed E-state index contributed by atoms with van der Waals surface area (Å²) >= 11 is 0. The van der Waals surface area contributed by atoms with E-state index in [2.05, 4.69) is 10.5 Å². The number of nitrogens with zero attached hydrogens (tertiary/aromatic N) is 1. The first-order chi connectivity index (χ1) is 4.30. The maximum atomic E-state index is 3.88. The molecule has 0 bridgehead atoms. The number of nitrogens with one attached hydrogen (secondary N) is 1. The van der Waals surface area contributed by atoms with Gasteiger partial charge in [-0.25, -0.2) is 0 Å². The minimum Gasteiger partial charge on any atom is -0.283 e. The van der Waals surface area contributed by atoms with Crippen LogP contribution in [0.4, 0.5) is 0 Å². The molecule has 0 aromatic heterocycles. The SMILES string of the molecule is CC1=C(C)NN=CC=C1. The van der Waals surface area contributed by atoms with E-state index in [1.807, 2.05) is 26.0 Å². The fourth-order valence-corrected chi connectivity index (χ4v) is 0.578. The molecule has 0 saturated heterocycles. The van der Waals surface area contributed by atoms with Crippen LogP contribution in [0.1, 0.15) is 13.8 Å². The molecule has 0 radical (unpaired) electrons. The van der Waals surface area contributed by atoms with Gasteiger partial charge in [0.15, 0.2) is 0 Å². The van der Waals surface area contributed by atoms with Crippen LogP contribution in [0.15, 0.2) is 28.5 Å². The van der Waals surface area contributed by atoms with Gasteiger partial charge in [-0.1, -0.05) is 6.08 Å². The number of rotatable bonds is 0. The van der Waals surface area contributed by atoms with Crippen LogP contribution in [-0.2, 0) is 0 Å². The van der Waals surface area contributed by atoms with E-state index in [0.29, 0.717) is 0 Å². The van der Waals surface area contributed by atoms with Crippen molar-refractivity contribution in [2.45, 2.75) is 13.8 Å². The zero-order valence-electron chi connectivity index (χ0n) is 5.68. The first kappa shape index (κ1) is 6.08. The number of hydrogen-bond donors (Lipinski definition) is 1. The normalized spacial score (nSPS) is 17.6. The van der Waals surface area contributed by atoms with Crippen LogP contribution in [0.25, 0.3) is 0 Å². The molecular formula is C7H10N2. The molecule has 1 N–H and O–H groups in total. The Morgan fingerprint density at radius 3 is 3.00 bits per heavy atom. The second-order valence-electron chi connectivity index (χ2n) is 2.06. The van der Waals surface area contributed by atoms with Gasteiger partial charge in [0.2, 0.25) is 0 Å². The van der Waals surface area contributed by atoms with Gasteiger partial charge < -0.3 is 0 Å². The average Bonchev–Trinajstić information content (AvgIpc) is 1.99. The second-order valence-corrected chi connectivity index (χ2v) is 2.06. The van der Waals surface area contributed by atoms with Crippen molar-refractivity contribution in [1.82, 2.24) is 5.43 Å². The van der Waals surface area contributed by atoms with E-state index >= 15 is 0 Å². The molecule has 2 nitrogen and oxygen atoms in total. The monoisotopic (exact) mass is 122 g/mol. The summed E-state index contributed by atoms with van der Waals surface area (Å²) in [6, 6.07) is 0. The lowest BCUT2D eigenvalue weighted by Gasteiger charge is -1.98. The van der Waals surface area contributed by atoms with Crippen LogP contribution in [0.5, 0.6) is 0 Å². The van der Waals surface area contributed by atoms with Crippen molar-refractivity contribution in [3.8, 4) is 0 Å². The van der Waals surface area contributed by atoms with Gasteiger partial charge in [0, 0.05) is 11.9 Å². The van der Waals surface area contributed by atoms with Crippen LogP contribution >= 0.6 is 0 Å². The molecule has 9 heavy (non-hydrogen) atoms. The maximum absolute atomic E-state index is 3.88. The minimum atomic E-state index is 1.11. The van der Waals surface area contributed by atoms with E-state index in [1.54, 1.807) is 6.21 Å². The van der Waals surface area contributed by atoms with Gasteiger partial charge in [-0.15, -0.1) is 0 Å². The summed E-state index contributed by atoms with van der Waals surface area (Å²) in [6.07, 6.45) is 5.68. The third kappa shape index (κ3) is 1.42. The molecule has 0 aliphatic carbocycles. The van der Waals surface area contributed by atoms with E-state index in [4.69, 9.17) is 0 Å². The summed E-state index contributed by atoms with van der Waals surface area (Å²) in [5, 5.41) is 3.88. The van der Waals surface area contributed by atoms with Crippen molar-refractivity contribution in [3.63, 3.8) is 0 Å². The zero-order valence-corrected chi connectivity index (χ0v) is 5.68. The summed E-state index contributed by atoms with van der Waals surface area (Å²) in [4.78, 5) is 0. The Labute approximate surface area is 55.0 Å². The van der Waals surface area contributed by atoms with Crippen LogP contribution in [0.3, 0.4) is 0 Å². The van der Waals surface area contributed by atoms with E-state index < -0.39 is 0 Å². The van der Waals surface area contributed by atoms with Crippen molar-refractivity contribution in [3.05, 3.63) is 23.4 Å². The highest BCUT2D eigenvalue weighted by Crippen LogP contribution is 2.02. The van der Waals surface area contributed by atoms with Crippen LogP contribution in [-0.4, -0.2) is 6.21 Å². The van der Waals surface area contributed by atoms with E-state index in [9.17, 15) is 0 Å². The summed E-state index contributed by atoms with van der Waals surface area (Å²) in [5.74, 6) is 0. The molecule has 2 heteroatoms. The molecular weight excluding hydrogens is 112 g/mol. The first-order valence-electron chi connectivity index (χ1n) is 2.94. The Hall–Kier alpha value is -1.05. The van der Waals surface area contributed by atoms with Crippen molar-refractivity contribution >= 4 is 6.21 Å². The summed E-state index contributed by atoms with van der Waals surface area (Å²) in [7, 11) is 0. The van der Waals surface area contributed by atoms with Crippen LogP contribution in [0.2, 0.25) is 0 Å². The zero-order chi connectivity index (χ0) is 6.69. The highest BCUT2D eigenvalue weighted by atomic mass is 15.3. The average molecular weight is 122 g/mol. The molecule has 0 amide bonds. The number of hydrogen-bond acceptors (Lipinski definition) is 2. The largest absolute Gasteiger partial charge is 0.283 e. The third-order valence-electron chi connectivity index (χ3n) is 1.33. The van der Waals surface area contributed by atoms with E-state index in [-0.39, 0.29) is 0 Å². The van der Waals surface area contributed by atoms with Gasteiger partial charge in [-0.05, 0) is 25.5 Å². The highest BCUT2D eigenvalue weighted by molar-refractivity contribution is 5.72. The number of allylic oxidation sites excluding steroid dienone is 4. The van der Waals surface area contributed by atoms with Gasteiger partial charge in [-0.2, -0.15) is 5.10 Å². The fourth-order valence-electron chi connectivity index (χ4n) is 0.578. The van der Waals surface area contributed by atoms with Gasteiger partial charge >= 0.3 is 0 Å². The standard InChI is InChI=1S/C7H10N2/c1-6-4-3-5-8-9-7(6)2/h3-5,9H,1-2H3. The molecule has 0 saturated carbocycles. The van der Waals surface area contributed by atoms with Gasteiger partial charge in [-0.3, -0.25) is 5.43 Å². The van der Waals surface area contributed by atoms with Crippen LogP contribution < -0.4 is 5.43 Å². The Bertz CT molecular complexity index is 187. The molecule has 0 unspecified atom stereocenters. The predicted molar refractivity (Wildman–Crippen MR) is 39.1 cm³/mol. The molecule has 0 fully saturated rings. The van der Waals surface area contributed by atoms with Gasteiger partial charge in [0.05, 0.1) is 0 Å². The molecule has 1 aliphatic rings. The lowest BCUT2D eigenvalue weighted by Crippen LogP contribution is -2.01. The molecule has 1 heterocycles. The molecule has 1 rings (SSSR count). The third-order valence-corrected chi connectivity index (χ3v) is 1.33. The fraction of sp³-hybridized carbons (Fsp3) is 0.286. The smallest absolute Gasteiger partial charge is 0.0472 e. The Kier molecular flexibility index (Phi) is 1.68. The topological polar surface area (TPSA) is 24.4 Å². The van der Waals surface area contributed by atoms with Crippen molar-refractivity contribution < 1.29 is 0 Å². The molecule has 0 aromatic carbocycles. The summed E-state index contributed by atoms with van der Waals surface area (Å²) in [6.45, 7) is 4.05. The molecule has 0 spiro atoms. The molecule has 1 aliphatic heterocycles. The van der Waals surface area contributed by atoms with E-state index in [0.717, 1.165) is 5.70 Å². The quantitative estimate of drug-likeness (QED) is 0.516. The maximum Gasteiger partial charge on any atom is 0.0472 e. The number of hydrazone groups is 1. The van der Waals surface area contributed by atoms with Crippen molar-refractivity contribution in [2.24, 2.45) is 5.10 Å². The lowest BCUT2D eigenvalue weighted by molar-refractivity contribution is 0.884. The Balaban J connectivity index is 2.85. The molecule has 0 atom stereocenters. The van der Waals surface area contributed by atoms with E-state index in [1.165, 1.54) is 5.57 Å². The Morgan fingerprint density at radius 1 is 1.44 bits per heavy atom. The molecule has 0 aromatic rings. The van der Waals surface area contributed by atoms with Crippen LogP contribution in [0, 0.1) is 0 Å². The summed E-state index contributed by atoms with van der Waals surface area (Å²) in [5.41, 5.74) is 5.22. The van der Waals surface area contributed by atoms with Crippen molar-refractivity contribution in [1.29, 1.82) is 0 Å². The highest BCUT2D eigenvalue weighted by Gasteiger charge is 1.91. The van der Waals surface area contributed by atoms with Gasteiger partial charge in [0.25, 0.3) is 0 Å². The van der Waals surface area contributed by atoms with Crippen molar-refractivity contribution in [2.75, 3.05) is 0 Å². The molecule has 48 valence electrons. The predicted octanol–water partition coefficient (Wildman–Crippen LogP) is 1.43. The first-order valence-corrected chi connectivity index (χ1v) is 2.94.